The zero-order valence-electron chi connectivity index (χ0n) is 10.6. The fourth-order valence-corrected chi connectivity index (χ4v) is 3.01. The Balaban J connectivity index is 1.66. The van der Waals surface area contributed by atoms with Crippen molar-refractivity contribution >= 4 is 0 Å². The maximum atomic E-state index is 5.62. The summed E-state index contributed by atoms with van der Waals surface area (Å²) in [4.78, 5) is 0. The Morgan fingerprint density at radius 1 is 1.25 bits per heavy atom. The van der Waals surface area contributed by atoms with Gasteiger partial charge in [0, 0.05) is 19.8 Å². The van der Waals surface area contributed by atoms with Crippen molar-refractivity contribution in [2.75, 3.05) is 20.3 Å². The van der Waals surface area contributed by atoms with Crippen LogP contribution >= 0.6 is 0 Å². The third-order valence-electron chi connectivity index (χ3n) is 4.05. The molecule has 0 radical (unpaired) electrons. The van der Waals surface area contributed by atoms with E-state index in [0.717, 1.165) is 18.9 Å². The number of hydrogen-bond acceptors (Lipinski definition) is 3. The van der Waals surface area contributed by atoms with Gasteiger partial charge in [0.05, 0.1) is 12.2 Å². The highest BCUT2D eigenvalue weighted by atomic mass is 16.5. The second-order valence-corrected chi connectivity index (χ2v) is 5.10. The highest BCUT2D eigenvalue weighted by molar-refractivity contribution is 4.97. The molecule has 0 aliphatic heterocycles. The smallest absolute Gasteiger partial charge is 0.0986 e. The number of rotatable bonds is 6. The van der Waals surface area contributed by atoms with Crippen LogP contribution in [0.2, 0.25) is 0 Å². The van der Waals surface area contributed by atoms with E-state index in [2.05, 4.69) is 5.32 Å². The normalized spacial score (nSPS) is 35.2. The molecule has 2 aliphatic rings. The lowest BCUT2D eigenvalue weighted by Gasteiger charge is -2.43. The van der Waals surface area contributed by atoms with Gasteiger partial charge < -0.3 is 14.8 Å². The van der Waals surface area contributed by atoms with Crippen molar-refractivity contribution in [1.29, 1.82) is 0 Å². The summed E-state index contributed by atoms with van der Waals surface area (Å²) in [6.07, 6.45) is 7.35. The van der Waals surface area contributed by atoms with Crippen LogP contribution in [0.1, 0.15) is 39.0 Å². The van der Waals surface area contributed by atoms with Crippen molar-refractivity contribution in [3.8, 4) is 0 Å². The molecule has 2 aliphatic carbocycles. The van der Waals surface area contributed by atoms with Crippen LogP contribution in [0.5, 0.6) is 0 Å². The first-order valence-corrected chi connectivity index (χ1v) is 6.73. The van der Waals surface area contributed by atoms with Crippen molar-refractivity contribution in [3.63, 3.8) is 0 Å². The standard InChI is InChI=1S/C13H25NO2/c1-3-16-12-8-11(13(12)15-2)14-9-10-6-4-5-7-10/h10-14H,3-9H2,1-2H3. The van der Waals surface area contributed by atoms with Gasteiger partial charge in [0.2, 0.25) is 0 Å². The van der Waals surface area contributed by atoms with E-state index in [4.69, 9.17) is 9.47 Å². The van der Waals surface area contributed by atoms with E-state index in [9.17, 15) is 0 Å². The Bertz CT molecular complexity index is 204. The highest BCUT2D eigenvalue weighted by Crippen LogP contribution is 2.29. The number of ether oxygens (including phenoxy) is 2. The maximum absolute atomic E-state index is 5.62. The van der Waals surface area contributed by atoms with Gasteiger partial charge in [-0.15, -0.1) is 0 Å². The number of methoxy groups -OCH3 is 1. The summed E-state index contributed by atoms with van der Waals surface area (Å²) >= 11 is 0. The average molecular weight is 227 g/mol. The third kappa shape index (κ3) is 2.76. The summed E-state index contributed by atoms with van der Waals surface area (Å²) < 4.78 is 11.1. The fraction of sp³-hybridized carbons (Fsp3) is 1.00. The Hall–Kier alpha value is -0.120. The van der Waals surface area contributed by atoms with Crippen molar-refractivity contribution in [3.05, 3.63) is 0 Å². The first kappa shape index (κ1) is 12.3. The third-order valence-corrected chi connectivity index (χ3v) is 4.05. The Morgan fingerprint density at radius 3 is 2.62 bits per heavy atom. The van der Waals surface area contributed by atoms with Crippen LogP contribution in [0.3, 0.4) is 0 Å². The Labute approximate surface area is 98.9 Å². The van der Waals surface area contributed by atoms with Crippen molar-refractivity contribution in [2.24, 2.45) is 5.92 Å². The van der Waals surface area contributed by atoms with Crippen LogP contribution < -0.4 is 5.32 Å². The molecular weight excluding hydrogens is 202 g/mol. The largest absolute Gasteiger partial charge is 0.377 e. The van der Waals surface area contributed by atoms with Gasteiger partial charge in [0.15, 0.2) is 0 Å². The maximum Gasteiger partial charge on any atom is 0.0986 e. The monoisotopic (exact) mass is 227 g/mol. The number of hydrogen-bond donors (Lipinski definition) is 1. The molecule has 1 N–H and O–H groups in total. The average Bonchev–Trinajstić information content (AvgIpc) is 2.75. The molecule has 3 heteroatoms. The summed E-state index contributed by atoms with van der Waals surface area (Å²) in [5.41, 5.74) is 0. The van der Waals surface area contributed by atoms with E-state index in [1.807, 2.05) is 6.92 Å². The molecule has 0 amide bonds. The molecule has 0 aromatic rings. The highest BCUT2D eigenvalue weighted by Gasteiger charge is 2.41. The van der Waals surface area contributed by atoms with Crippen LogP contribution in [-0.4, -0.2) is 38.5 Å². The minimum absolute atomic E-state index is 0.265. The molecule has 3 atom stereocenters. The Morgan fingerprint density at radius 2 is 2.00 bits per heavy atom. The quantitative estimate of drug-likeness (QED) is 0.752. The molecule has 0 spiro atoms. The van der Waals surface area contributed by atoms with Gasteiger partial charge >= 0.3 is 0 Å². The van der Waals surface area contributed by atoms with Gasteiger partial charge in [-0.2, -0.15) is 0 Å². The first-order valence-electron chi connectivity index (χ1n) is 6.73. The molecule has 2 saturated carbocycles. The van der Waals surface area contributed by atoms with Gasteiger partial charge in [-0.3, -0.25) is 0 Å². The van der Waals surface area contributed by atoms with Crippen LogP contribution in [-0.2, 0) is 9.47 Å². The summed E-state index contributed by atoms with van der Waals surface area (Å²) in [7, 11) is 1.79. The molecule has 3 nitrogen and oxygen atoms in total. The predicted molar refractivity (Wildman–Crippen MR) is 64.6 cm³/mol. The van der Waals surface area contributed by atoms with E-state index in [-0.39, 0.29) is 6.10 Å². The van der Waals surface area contributed by atoms with Crippen LogP contribution in [0.4, 0.5) is 0 Å². The minimum Gasteiger partial charge on any atom is -0.377 e. The topological polar surface area (TPSA) is 30.5 Å². The summed E-state index contributed by atoms with van der Waals surface area (Å²) in [5.74, 6) is 0.906. The molecule has 0 aromatic carbocycles. The molecule has 0 saturated heterocycles. The fourth-order valence-electron chi connectivity index (χ4n) is 3.01. The van der Waals surface area contributed by atoms with E-state index in [1.165, 1.54) is 32.2 Å². The molecule has 0 aromatic heterocycles. The van der Waals surface area contributed by atoms with Gasteiger partial charge in [-0.1, -0.05) is 12.8 Å². The summed E-state index contributed by atoms with van der Waals surface area (Å²) in [5, 5.41) is 3.65. The van der Waals surface area contributed by atoms with E-state index < -0.39 is 0 Å². The molecule has 0 heterocycles. The molecule has 3 unspecified atom stereocenters. The molecule has 2 fully saturated rings. The van der Waals surface area contributed by atoms with Gasteiger partial charge in [0.25, 0.3) is 0 Å². The second kappa shape index (κ2) is 5.99. The van der Waals surface area contributed by atoms with E-state index in [1.54, 1.807) is 7.11 Å². The lowest BCUT2D eigenvalue weighted by Crippen LogP contribution is -2.60. The molecule has 94 valence electrons. The first-order chi connectivity index (χ1) is 7.85. The van der Waals surface area contributed by atoms with Crippen molar-refractivity contribution < 1.29 is 9.47 Å². The molecular formula is C13H25NO2. The van der Waals surface area contributed by atoms with Crippen LogP contribution in [0.15, 0.2) is 0 Å². The van der Waals surface area contributed by atoms with Gasteiger partial charge in [-0.05, 0) is 38.6 Å². The molecule has 2 rings (SSSR count). The zero-order valence-corrected chi connectivity index (χ0v) is 10.6. The van der Waals surface area contributed by atoms with E-state index in [0.29, 0.717) is 12.1 Å². The number of nitrogens with one attached hydrogen (secondary N) is 1. The van der Waals surface area contributed by atoms with Crippen LogP contribution in [0.25, 0.3) is 0 Å². The van der Waals surface area contributed by atoms with Gasteiger partial charge in [0.1, 0.15) is 0 Å². The molecule has 16 heavy (non-hydrogen) atoms. The van der Waals surface area contributed by atoms with Crippen molar-refractivity contribution in [2.45, 2.75) is 57.3 Å². The van der Waals surface area contributed by atoms with Gasteiger partial charge in [-0.25, -0.2) is 0 Å². The van der Waals surface area contributed by atoms with Crippen LogP contribution in [0, 0.1) is 5.92 Å². The summed E-state index contributed by atoms with van der Waals surface area (Å²) in [6.45, 7) is 4.01. The summed E-state index contributed by atoms with van der Waals surface area (Å²) in [6, 6.07) is 0.516. The Kier molecular flexibility index (Phi) is 4.62. The predicted octanol–water partition coefficient (Wildman–Crippen LogP) is 1.96. The zero-order chi connectivity index (χ0) is 11.4. The minimum atomic E-state index is 0.265. The van der Waals surface area contributed by atoms with Crippen molar-refractivity contribution in [1.82, 2.24) is 5.32 Å². The molecule has 0 bridgehead atoms. The van der Waals surface area contributed by atoms with E-state index >= 15 is 0 Å². The lowest BCUT2D eigenvalue weighted by molar-refractivity contribution is -0.131. The lowest BCUT2D eigenvalue weighted by atomic mass is 9.84. The second-order valence-electron chi connectivity index (χ2n) is 5.10. The SMILES string of the molecule is CCOC1CC(NCC2CCCC2)C1OC.